The van der Waals surface area contributed by atoms with Crippen LogP contribution in [0, 0.1) is 18.3 Å². The van der Waals surface area contributed by atoms with Crippen molar-refractivity contribution in [3.63, 3.8) is 0 Å². The van der Waals surface area contributed by atoms with Gasteiger partial charge in [0.25, 0.3) is 5.92 Å². The second-order valence-corrected chi connectivity index (χ2v) is 7.23. The van der Waals surface area contributed by atoms with Gasteiger partial charge in [-0.25, -0.2) is 8.78 Å². The first kappa shape index (κ1) is 25.9. The number of hydrogen-bond acceptors (Lipinski definition) is 2. The van der Waals surface area contributed by atoms with Crippen molar-refractivity contribution in [1.82, 2.24) is 5.32 Å². The highest BCUT2D eigenvalue weighted by Gasteiger charge is 2.26. The number of allylic oxidation sites excluding steroid dienone is 3. The second-order valence-electron chi connectivity index (χ2n) is 7.23. The fraction of sp³-hybridized carbons (Fsp3) is 0.292. The first-order chi connectivity index (χ1) is 14.2. The van der Waals surface area contributed by atoms with Crippen molar-refractivity contribution in [1.29, 1.82) is 5.26 Å². The van der Waals surface area contributed by atoms with Crippen LogP contribution in [0.25, 0.3) is 16.7 Å². The molecule has 0 bridgehead atoms. The van der Waals surface area contributed by atoms with Gasteiger partial charge in [-0.05, 0) is 54.3 Å². The quantitative estimate of drug-likeness (QED) is 0.302. The van der Waals surface area contributed by atoms with E-state index in [1.54, 1.807) is 14.0 Å². The molecule has 0 radical (unpaired) electrons. The number of benzene rings is 2. The molecule has 0 amide bonds. The predicted molar refractivity (Wildman–Crippen MR) is 114 cm³/mol. The first-order valence-corrected chi connectivity index (χ1v) is 9.33. The molecule has 0 aliphatic carbocycles. The number of aryl methyl sites for hydroxylation is 1. The molecule has 0 fully saturated rings. The third kappa shape index (κ3) is 8.25. The van der Waals surface area contributed by atoms with E-state index in [-0.39, 0.29) is 12.5 Å². The van der Waals surface area contributed by atoms with Gasteiger partial charge in [-0.1, -0.05) is 36.4 Å². The van der Waals surface area contributed by atoms with Crippen LogP contribution >= 0.6 is 0 Å². The molecular formula is C24H25F5N2. The maximum absolute atomic E-state index is 14.1. The van der Waals surface area contributed by atoms with Crippen molar-refractivity contribution in [3.8, 4) is 17.2 Å². The molecule has 0 saturated heterocycles. The number of hydrogen-bond donors (Lipinski definition) is 1. The van der Waals surface area contributed by atoms with E-state index in [1.807, 2.05) is 37.3 Å². The van der Waals surface area contributed by atoms with Crippen LogP contribution in [0.4, 0.5) is 22.0 Å². The van der Waals surface area contributed by atoms with Crippen molar-refractivity contribution in [2.24, 2.45) is 0 Å². The van der Waals surface area contributed by atoms with Crippen LogP contribution in [-0.2, 0) is 5.92 Å². The molecule has 2 rings (SSSR count). The van der Waals surface area contributed by atoms with Gasteiger partial charge < -0.3 is 5.32 Å². The van der Waals surface area contributed by atoms with Crippen LogP contribution in [0.15, 0.2) is 60.3 Å². The zero-order valence-electron chi connectivity index (χ0n) is 18.1. The van der Waals surface area contributed by atoms with Crippen LogP contribution in [0.2, 0.25) is 0 Å². The highest BCUT2D eigenvalue weighted by atomic mass is 19.4. The molecule has 2 aromatic rings. The van der Waals surface area contributed by atoms with Crippen LogP contribution in [0.5, 0.6) is 0 Å². The maximum Gasteiger partial charge on any atom is 0.386 e. The molecular weight excluding hydrogens is 411 g/mol. The van der Waals surface area contributed by atoms with Gasteiger partial charge in [0.1, 0.15) is 11.8 Å². The van der Waals surface area contributed by atoms with Gasteiger partial charge >= 0.3 is 6.18 Å². The van der Waals surface area contributed by atoms with E-state index in [0.717, 1.165) is 18.1 Å². The highest BCUT2D eigenvalue weighted by Crippen LogP contribution is 2.36. The molecule has 0 atom stereocenters. The van der Waals surface area contributed by atoms with Gasteiger partial charge in [0.15, 0.2) is 0 Å². The zero-order valence-corrected chi connectivity index (χ0v) is 18.1. The summed E-state index contributed by atoms with van der Waals surface area (Å²) in [5.74, 6) is -3.00. The van der Waals surface area contributed by atoms with Crippen molar-refractivity contribution < 1.29 is 22.0 Å². The van der Waals surface area contributed by atoms with E-state index in [2.05, 4.69) is 18.0 Å². The largest absolute Gasteiger partial charge is 0.386 e. The normalized spacial score (nSPS) is 12.2. The average molecular weight is 436 g/mol. The minimum atomic E-state index is -4.00. The van der Waals surface area contributed by atoms with E-state index in [1.165, 1.54) is 12.1 Å². The monoisotopic (exact) mass is 436 g/mol. The fourth-order valence-corrected chi connectivity index (χ4v) is 2.78. The van der Waals surface area contributed by atoms with Gasteiger partial charge in [-0.15, -0.1) is 0 Å². The second kappa shape index (κ2) is 10.3. The standard InChI is InChI=1S/C22H22F2N2.C2H3F3/c1-14(2)21(20(13-25)26-5)18-10-17(11-19(12-18)22(4,23)24)16-8-6-15(3)7-9-16;1-2(3,4)5/h6-12,26H,1H2,2-5H3;1H3/b21-20+;. The summed E-state index contributed by atoms with van der Waals surface area (Å²) in [6.07, 6.45) is -4.00. The van der Waals surface area contributed by atoms with Gasteiger partial charge in [0.2, 0.25) is 0 Å². The third-order valence-electron chi connectivity index (χ3n) is 4.15. The summed E-state index contributed by atoms with van der Waals surface area (Å²) in [5.41, 5.74) is 4.50. The molecule has 0 aliphatic heterocycles. The number of nitrogens with zero attached hydrogens (tertiary/aromatic N) is 1. The van der Waals surface area contributed by atoms with Crippen LogP contribution in [-0.4, -0.2) is 13.2 Å². The zero-order chi connectivity index (χ0) is 24.0. The number of halogens is 5. The Morgan fingerprint density at radius 1 is 0.968 bits per heavy atom. The van der Waals surface area contributed by atoms with E-state index >= 15 is 0 Å². The van der Waals surface area contributed by atoms with E-state index in [4.69, 9.17) is 0 Å². The molecule has 166 valence electrons. The SMILES string of the molecule is C=C(C)/C(=C(/C#N)NC)c1cc(-c2ccc(C)cc2)cc(C(C)(F)F)c1.CC(F)(F)F. The van der Waals surface area contributed by atoms with Crippen LogP contribution < -0.4 is 5.32 Å². The summed E-state index contributed by atoms with van der Waals surface area (Å²) in [6.45, 7) is 8.71. The van der Waals surface area contributed by atoms with E-state index < -0.39 is 12.1 Å². The minimum Gasteiger partial charge on any atom is -0.379 e. The molecule has 2 nitrogen and oxygen atoms in total. The Bertz CT molecular complexity index is 983. The summed E-state index contributed by atoms with van der Waals surface area (Å²) in [6, 6.07) is 14.5. The van der Waals surface area contributed by atoms with Gasteiger partial charge in [-0.3, -0.25) is 0 Å². The van der Waals surface area contributed by atoms with Gasteiger partial charge in [-0.2, -0.15) is 18.4 Å². The molecule has 2 aromatic carbocycles. The molecule has 0 aromatic heterocycles. The lowest BCUT2D eigenvalue weighted by molar-refractivity contribution is -0.110. The third-order valence-corrected chi connectivity index (χ3v) is 4.15. The summed E-state index contributed by atoms with van der Waals surface area (Å²) in [5, 5.41) is 12.2. The summed E-state index contributed by atoms with van der Waals surface area (Å²) < 4.78 is 59.3. The van der Waals surface area contributed by atoms with Gasteiger partial charge in [0.05, 0.1) is 0 Å². The molecule has 0 aliphatic rings. The Morgan fingerprint density at radius 3 is 1.87 bits per heavy atom. The molecule has 0 unspecified atom stereocenters. The molecule has 0 spiro atoms. The Kier molecular flexibility index (Phi) is 8.56. The van der Waals surface area contributed by atoms with Crippen molar-refractivity contribution in [3.05, 3.63) is 77.0 Å². The number of alkyl halides is 5. The lowest BCUT2D eigenvalue weighted by Crippen LogP contribution is -2.10. The van der Waals surface area contributed by atoms with E-state index in [0.29, 0.717) is 28.0 Å². The smallest absolute Gasteiger partial charge is 0.379 e. The molecule has 0 saturated carbocycles. The van der Waals surface area contributed by atoms with Crippen LogP contribution in [0.3, 0.4) is 0 Å². The number of nitriles is 1. The van der Waals surface area contributed by atoms with E-state index in [9.17, 15) is 27.2 Å². The molecule has 7 heteroatoms. The van der Waals surface area contributed by atoms with Crippen molar-refractivity contribution in [2.45, 2.75) is 39.8 Å². The lowest BCUT2D eigenvalue weighted by Gasteiger charge is -2.18. The van der Waals surface area contributed by atoms with Crippen molar-refractivity contribution >= 4 is 5.57 Å². The fourth-order valence-electron chi connectivity index (χ4n) is 2.78. The summed E-state index contributed by atoms with van der Waals surface area (Å²) in [4.78, 5) is 0. The summed E-state index contributed by atoms with van der Waals surface area (Å²) >= 11 is 0. The first-order valence-electron chi connectivity index (χ1n) is 9.33. The van der Waals surface area contributed by atoms with Crippen molar-refractivity contribution in [2.75, 3.05) is 7.05 Å². The number of nitrogens with one attached hydrogen (secondary N) is 1. The summed E-state index contributed by atoms with van der Waals surface area (Å²) in [7, 11) is 1.63. The Morgan fingerprint density at radius 2 is 1.48 bits per heavy atom. The Hall–Kier alpha value is -3.14. The topological polar surface area (TPSA) is 35.8 Å². The van der Waals surface area contributed by atoms with Gasteiger partial charge in [0, 0.05) is 32.0 Å². The molecule has 1 N–H and O–H groups in total. The predicted octanol–water partition coefficient (Wildman–Crippen LogP) is 7.37. The minimum absolute atomic E-state index is 0.0993. The Balaban J connectivity index is 0.000000861. The molecule has 31 heavy (non-hydrogen) atoms. The lowest BCUT2D eigenvalue weighted by atomic mass is 9.91. The highest BCUT2D eigenvalue weighted by molar-refractivity contribution is 5.84. The number of rotatable bonds is 5. The molecule has 0 heterocycles. The maximum atomic E-state index is 14.1. The Labute approximate surface area is 179 Å². The van der Waals surface area contributed by atoms with Crippen LogP contribution in [0.1, 0.15) is 37.5 Å². The average Bonchev–Trinajstić information content (AvgIpc) is 2.63.